The average molecular weight is 536 g/mol. The molecule has 1 amide bonds. The van der Waals surface area contributed by atoms with Gasteiger partial charge in [0.2, 0.25) is 0 Å². The monoisotopic (exact) mass is 534 g/mol. The number of thioether (sulfide) groups is 1. The third-order valence-electron chi connectivity index (χ3n) is 5.05. The molecule has 5 nitrogen and oxygen atoms in total. The Hall–Kier alpha value is -2.51. The third kappa shape index (κ3) is 5.94. The molecule has 2 N–H and O–H groups in total. The first-order valence-corrected chi connectivity index (χ1v) is 12.3. The van der Waals surface area contributed by atoms with Crippen LogP contribution in [0.4, 0.5) is 5.69 Å². The summed E-state index contributed by atoms with van der Waals surface area (Å²) in [6.07, 6.45) is 1.77. The van der Waals surface area contributed by atoms with Crippen LogP contribution in [0.25, 0.3) is 6.08 Å². The molecule has 0 radical (unpaired) electrons. The van der Waals surface area contributed by atoms with Crippen molar-refractivity contribution in [3.05, 3.63) is 91.3 Å². The van der Waals surface area contributed by atoms with E-state index in [4.69, 9.17) is 44.3 Å². The van der Waals surface area contributed by atoms with E-state index >= 15 is 0 Å². The van der Waals surface area contributed by atoms with Crippen molar-refractivity contribution in [2.45, 2.75) is 19.0 Å². The van der Waals surface area contributed by atoms with Crippen LogP contribution in [-0.4, -0.2) is 18.5 Å². The van der Waals surface area contributed by atoms with Crippen LogP contribution in [0, 0.1) is 6.92 Å². The topological polar surface area (TPSA) is 59.6 Å². The number of rotatable bonds is 7. The van der Waals surface area contributed by atoms with E-state index in [0.717, 1.165) is 22.4 Å². The zero-order chi connectivity index (χ0) is 24.2. The fraction of sp³-hybridized carbons (Fsp3) is 0.160. The van der Waals surface area contributed by atoms with E-state index in [0.29, 0.717) is 38.1 Å². The number of amides is 1. The van der Waals surface area contributed by atoms with Crippen LogP contribution in [0.5, 0.6) is 11.5 Å². The van der Waals surface area contributed by atoms with Gasteiger partial charge in [-0.25, -0.2) is 0 Å². The molecule has 3 aromatic rings. The lowest BCUT2D eigenvalue weighted by atomic mass is 10.1. The van der Waals surface area contributed by atoms with Crippen molar-refractivity contribution in [1.29, 1.82) is 0 Å². The summed E-state index contributed by atoms with van der Waals surface area (Å²) in [5.41, 5.74) is 3.25. The van der Waals surface area contributed by atoms with Crippen LogP contribution < -0.4 is 20.1 Å². The predicted octanol–water partition coefficient (Wildman–Crippen LogP) is 7.14. The number of hydrogen-bond acceptors (Lipinski definition) is 5. The van der Waals surface area contributed by atoms with Crippen molar-refractivity contribution in [2.75, 3.05) is 12.4 Å². The van der Waals surface area contributed by atoms with Crippen molar-refractivity contribution in [3.8, 4) is 11.5 Å². The molecule has 1 aliphatic rings. The van der Waals surface area contributed by atoms with Crippen molar-refractivity contribution in [1.82, 2.24) is 5.32 Å². The molecule has 0 bridgehead atoms. The number of halogens is 3. The molecule has 34 heavy (non-hydrogen) atoms. The SMILES string of the molecule is COc1cc(/C=C2\SC(Nc3ccc(Cl)cc3C)NC2=O)cc(Cl)c1OCc1ccc(Cl)cc1. The number of carbonyl (C=O) groups excluding carboxylic acids is 1. The van der Waals surface area contributed by atoms with Gasteiger partial charge < -0.3 is 20.1 Å². The molecule has 0 spiro atoms. The maximum atomic E-state index is 12.5. The van der Waals surface area contributed by atoms with Gasteiger partial charge >= 0.3 is 0 Å². The normalized spacial score (nSPS) is 16.4. The number of anilines is 1. The molecule has 0 aliphatic carbocycles. The van der Waals surface area contributed by atoms with Gasteiger partial charge in [0.05, 0.1) is 17.0 Å². The lowest BCUT2D eigenvalue weighted by molar-refractivity contribution is -0.116. The highest BCUT2D eigenvalue weighted by atomic mass is 35.5. The molecule has 0 aromatic heterocycles. The summed E-state index contributed by atoms with van der Waals surface area (Å²) in [5, 5.41) is 7.95. The zero-order valence-corrected chi connectivity index (χ0v) is 21.4. The molecule has 1 heterocycles. The zero-order valence-electron chi connectivity index (χ0n) is 18.3. The van der Waals surface area contributed by atoms with Gasteiger partial charge in [-0.15, -0.1) is 0 Å². The van der Waals surface area contributed by atoms with E-state index in [2.05, 4.69) is 10.6 Å². The summed E-state index contributed by atoms with van der Waals surface area (Å²) in [6, 6.07) is 16.5. The average Bonchev–Trinajstić information content (AvgIpc) is 3.14. The number of ether oxygens (including phenoxy) is 2. The minimum atomic E-state index is -0.307. The van der Waals surface area contributed by atoms with Crippen molar-refractivity contribution in [3.63, 3.8) is 0 Å². The van der Waals surface area contributed by atoms with Crippen LogP contribution in [0.3, 0.4) is 0 Å². The Bertz CT molecular complexity index is 1250. The molecular weight excluding hydrogens is 515 g/mol. The third-order valence-corrected chi connectivity index (χ3v) is 6.85. The number of methoxy groups -OCH3 is 1. The summed E-state index contributed by atoms with van der Waals surface area (Å²) < 4.78 is 11.4. The van der Waals surface area contributed by atoms with Crippen LogP contribution in [0.2, 0.25) is 15.1 Å². The smallest absolute Gasteiger partial charge is 0.260 e. The molecule has 9 heteroatoms. The second-order valence-electron chi connectivity index (χ2n) is 7.53. The van der Waals surface area contributed by atoms with Gasteiger partial charge in [-0.2, -0.15) is 0 Å². The summed E-state index contributed by atoms with van der Waals surface area (Å²) in [7, 11) is 1.54. The Labute approximate surface area is 217 Å². The highest BCUT2D eigenvalue weighted by Gasteiger charge is 2.27. The van der Waals surface area contributed by atoms with Gasteiger partial charge in [0, 0.05) is 15.7 Å². The van der Waals surface area contributed by atoms with Gasteiger partial charge in [0.15, 0.2) is 17.0 Å². The molecular formula is C25H21Cl3N2O3S. The Kier molecular flexibility index (Phi) is 7.84. The predicted molar refractivity (Wildman–Crippen MR) is 141 cm³/mol. The molecule has 4 rings (SSSR count). The van der Waals surface area contributed by atoms with Gasteiger partial charge in [-0.1, -0.05) is 58.7 Å². The second kappa shape index (κ2) is 10.8. The summed E-state index contributed by atoms with van der Waals surface area (Å²) in [5.74, 6) is 0.734. The Balaban J connectivity index is 1.49. The molecule has 1 unspecified atom stereocenters. The first-order valence-electron chi connectivity index (χ1n) is 10.3. The highest BCUT2D eigenvalue weighted by Crippen LogP contribution is 2.39. The van der Waals surface area contributed by atoms with E-state index < -0.39 is 0 Å². The minimum absolute atomic E-state index is 0.174. The van der Waals surface area contributed by atoms with Crippen LogP contribution in [0.15, 0.2) is 59.5 Å². The van der Waals surface area contributed by atoms with Crippen LogP contribution >= 0.6 is 46.6 Å². The van der Waals surface area contributed by atoms with E-state index in [1.807, 2.05) is 31.2 Å². The quantitative estimate of drug-likeness (QED) is 0.315. The fourth-order valence-electron chi connectivity index (χ4n) is 3.35. The number of carbonyl (C=O) groups is 1. The van der Waals surface area contributed by atoms with E-state index in [1.54, 1.807) is 43.5 Å². The molecule has 1 aliphatic heterocycles. The standard InChI is InChI=1S/C25H21Cl3N2O3S/c1-14-9-18(27)7-8-20(14)29-25-30-24(31)22(34-25)12-16-10-19(28)23(21(11-16)32-2)33-13-15-3-5-17(26)6-4-15/h3-12,25,29H,13H2,1-2H3,(H,30,31)/b22-12-. The maximum absolute atomic E-state index is 12.5. The molecule has 1 fully saturated rings. The van der Waals surface area contributed by atoms with Crippen LogP contribution in [0.1, 0.15) is 16.7 Å². The van der Waals surface area contributed by atoms with Gasteiger partial charge in [0.25, 0.3) is 5.91 Å². The van der Waals surface area contributed by atoms with E-state index in [-0.39, 0.29) is 11.4 Å². The minimum Gasteiger partial charge on any atom is -0.493 e. The number of hydrogen-bond donors (Lipinski definition) is 2. The van der Waals surface area contributed by atoms with Crippen molar-refractivity contribution >= 4 is 64.2 Å². The number of aryl methyl sites for hydroxylation is 1. The van der Waals surface area contributed by atoms with E-state index in [1.165, 1.54) is 11.8 Å². The molecule has 1 atom stereocenters. The molecule has 176 valence electrons. The molecule has 0 saturated carbocycles. The first kappa shape index (κ1) is 24.6. The second-order valence-corrected chi connectivity index (χ2v) is 9.96. The largest absolute Gasteiger partial charge is 0.493 e. The molecule has 3 aromatic carbocycles. The van der Waals surface area contributed by atoms with Gasteiger partial charge in [-0.3, -0.25) is 4.79 Å². The lowest BCUT2D eigenvalue weighted by Gasteiger charge is -2.15. The van der Waals surface area contributed by atoms with Crippen LogP contribution in [-0.2, 0) is 11.4 Å². The summed E-state index contributed by atoms with van der Waals surface area (Å²) in [4.78, 5) is 13.1. The van der Waals surface area contributed by atoms with Crippen molar-refractivity contribution in [2.24, 2.45) is 0 Å². The lowest BCUT2D eigenvalue weighted by Crippen LogP contribution is -2.31. The van der Waals surface area contributed by atoms with Gasteiger partial charge in [-0.05, 0) is 72.2 Å². The van der Waals surface area contributed by atoms with E-state index in [9.17, 15) is 4.79 Å². The number of nitrogens with one attached hydrogen (secondary N) is 2. The van der Waals surface area contributed by atoms with Gasteiger partial charge in [0.1, 0.15) is 6.61 Å². The highest BCUT2D eigenvalue weighted by molar-refractivity contribution is 8.05. The molecule has 1 saturated heterocycles. The Morgan fingerprint density at radius 2 is 1.79 bits per heavy atom. The van der Waals surface area contributed by atoms with Crippen molar-refractivity contribution < 1.29 is 14.3 Å². The summed E-state index contributed by atoms with van der Waals surface area (Å²) in [6.45, 7) is 2.26. The Morgan fingerprint density at radius 1 is 1.06 bits per heavy atom. The first-order chi connectivity index (χ1) is 16.3. The Morgan fingerprint density at radius 3 is 2.50 bits per heavy atom. The number of benzene rings is 3. The summed E-state index contributed by atoms with van der Waals surface area (Å²) >= 11 is 19.9. The maximum Gasteiger partial charge on any atom is 0.260 e. The fourth-order valence-corrected chi connectivity index (χ4v) is 4.95.